The maximum atomic E-state index is 10.6. The highest BCUT2D eigenvalue weighted by Gasteiger charge is 2.21. The lowest BCUT2D eigenvalue weighted by molar-refractivity contribution is 0.112. The Labute approximate surface area is 354 Å². The number of aldehydes is 1. The molecule has 1 aromatic heterocycles. The summed E-state index contributed by atoms with van der Waals surface area (Å²) >= 11 is 1.70. The van der Waals surface area contributed by atoms with Crippen molar-refractivity contribution in [3.05, 3.63) is 154 Å². The lowest BCUT2D eigenvalue weighted by Crippen LogP contribution is -2.11. The van der Waals surface area contributed by atoms with Crippen LogP contribution in [0.2, 0.25) is 0 Å². The first-order valence-corrected chi connectivity index (χ1v) is 20.9. The van der Waals surface area contributed by atoms with Crippen LogP contribution in [-0.2, 0) is 16.2 Å². The molecule has 1 heterocycles. The van der Waals surface area contributed by atoms with Gasteiger partial charge in [-0.15, -0.1) is 11.3 Å². The quantitative estimate of drug-likeness (QED) is 0.130. The van der Waals surface area contributed by atoms with Crippen molar-refractivity contribution in [1.82, 2.24) is 4.98 Å². The zero-order valence-corrected chi connectivity index (χ0v) is 37.0. The first-order valence-electron chi connectivity index (χ1n) is 20.1. The number of para-hydroxylation sites is 1. The third kappa shape index (κ3) is 9.89. The molecule has 302 valence electrons. The summed E-state index contributed by atoms with van der Waals surface area (Å²) in [7, 11) is 0. The smallest absolute Gasteiger partial charge is 0.153 e. The van der Waals surface area contributed by atoms with Crippen LogP contribution >= 0.6 is 11.3 Å². The van der Waals surface area contributed by atoms with E-state index in [1.54, 1.807) is 35.8 Å². The molecule has 2 N–H and O–H groups in total. The molecular weight excluding hydrogens is 745 g/mol. The number of nitrogens with zero attached hydrogens (tertiary/aromatic N) is 2. The average Bonchev–Trinajstić information content (AvgIpc) is 3.62. The Morgan fingerprint density at radius 2 is 1.14 bits per heavy atom. The van der Waals surface area contributed by atoms with Gasteiger partial charge in [-0.3, -0.25) is 9.79 Å². The normalized spacial score (nSPS) is 12.1. The minimum absolute atomic E-state index is 0.00542. The highest BCUT2D eigenvalue weighted by molar-refractivity contribution is 7.21. The number of rotatable bonds is 6. The fourth-order valence-corrected chi connectivity index (χ4v) is 7.89. The number of phenolic OH excluding ortho intramolecular Hbond substituents is 2. The second-order valence-electron chi connectivity index (χ2n) is 18.5. The fourth-order valence-electron chi connectivity index (χ4n) is 6.82. The third-order valence-corrected chi connectivity index (χ3v) is 11.7. The predicted molar refractivity (Wildman–Crippen MR) is 250 cm³/mol. The van der Waals surface area contributed by atoms with Gasteiger partial charge in [-0.25, -0.2) is 4.98 Å². The molecule has 0 saturated heterocycles. The lowest BCUT2D eigenvalue weighted by Gasteiger charge is -2.20. The molecule has 0 radical (unpaired) electrons. The zero-order valence-electron chi connectivity index (χ0n) is 36.2. The molecule has 0 fully saturated rings. The number of thiazole rings is 1. The first-order chi connectivity index (χ1) is 27.7. The van der Waals surface area contributed by atoms with Crippen LogP contribution in [0.15, 0.2) is 120 Å². The largest absolute Gasteiger partial charge is 0.507 e. The van der Waals surface area contributed by atoms with Crippen LogP contribution in [0.3, 0.4) is 0 Å². The van der Waals surface area contributed by atoms with E-state index in [1.807, 2.05) is 36.4 Å². The van der Waals surface area contributed by atoms with Crippen molar-refractivity contribution in [2.24, 2.45) is 4.99 Å². The molecule has 0 saturated carbocycles. The van der Waals surface area contributed by atoms with Gasteiger partial charge in [0, 0.05) is 22.9 Å². The Hall–Kier alpha value is -5.85. The first kappa shape index (κ1) is 42.7. The molecule has 0 aliphatic heterocycles. The number of aryl methyl sites for hydroxylation is 2. The van der Waals surface area contributed by atoms with Gasteiger partial charge in [0.1, 0.15) is 16.5 Å². The summed E-state index contributed by atoms with van der Waals surface area (Å²) < 4.78 is 1.16. The molecule has 0 aliphatic carbocycles. The van der Waals surface area contributed by atoms with Gasteiger partial charge < -0.3 is 10.2 Å². The molecule has 0 bridgehead atoms. The molecular formula is C53H56N2O3S. The molecule has 59 heavy (non-hydrogen) atoms. The van der Waals surface area contributed by atoms with Crippen molar-refractivity contribution >= 4 is 39.7 Å². The van der Waals surface area contributed by atoms with Crippen LogP contribution in [0.4, 0.5) is 5.69 Å². The van der Waals surface area contributed by atoms with E-state index in [1.165, 1.54) is 27.8 Å². The third-order valence-electron chi connectivity index (χ3n) is 10.7. The molecule has 0 unspecified atom stereocenters. The summed E-state index contributed by atoms with van der Waals surface area (Å²) in [6, 6.07) is 39.1. The number of hydrogen-bond donors (Lipinski definition) is 2. The van der Waals surface area contributed by atoms with E-state index in [9.17, 15) is 15.0 Å². The van der Waals surface area contributed by atoms with Crippen LogP contribution in [0.5, 0.6) is 11.5 Å². The van der Waals surface area contributed by atoms with E-state index in [2.05, 4.69) is 137 Å². The van der Waals surface area contributed by atoms with Gasteiger partial charge in [-0.2, -0.15) is 0 Å². The van der Waals surface area contributed by atoms with Crippen LogP contribution < -0.4 is 0 Å². The van der Waals surface area contributed by atoms with E-state index >= 15 is 0 Å². The summed E-state index contributed by atoms with van der Waals surface area (Å²) in [5.41, 5.74) is 14.6. The number of aromatic hydroxyl groups is 2. The van der Waals surface area contributed by atoms with Crippen molar-refractivity contribution in [2.45, 2.75) is 92.4 Å². The van der Waals surface area contributed by atoms with E-state index in [-0.39, 0.29) is 27.7 Å². The van der Waals surface area contributed by atoms with Crippen LogP contribution in [0.1, 0.15) is 106 Å². The van der Waals surface area contributed by atoms with Crippen molar-refractivity contribution < 1.29 is 15.0 Å². The van der Waals surface area contributed by atoms with Gasteiger partial charge >= 0.3 is 0 Å². The standard InChI is InChI=1S/C42H42N2OS.C11H14O2/c1-26-13-14-27(2)34(21-26)28-15-17-29(18-16-28)35-23-32(42(6,7)8)24-38-39(35)44-40(46-38)33-11-9-10-12-36(33)43-25-30-22-31(41(3,4)5)19-20-37(30)45;1-11(2,3)9-4-5-10(13)8(6-9)7-12/h9-25,45H,1-8H3;4-7,13H,1-3H3. The van der Waals surface area contributed by atoms with Crippen LogP contribution in [0, 0.1) is 13.8 Å². The van der Waals surface area contributed by atoms with Crippen molar-refractivity contribution in [3.8, 4) is 44.3 Å². The molecule has 0 spiro atoms. The minimum Gasteiger partial charge on any atom is -0.507 e. The fraction of sp³-hybridized carbons (Fsp3) is 0.264. The number of aliphatic imine (C=N–C) groups is 1. The van der Waals surface area contributed by atoms with E-state index in [4.69, 9.17) is 9.98 Å². The van der Waals surface area contributed by atoms with E-state index in [0.29, 0.717) is 17.4 Å². The Morgan fingerprint density at radius 1 is 0.576 bits per heavy atom. The molecule has 0 aliphatic rings. The van der Waals surface area contributed by atoms with Crippen molar-refractivity contribution in [3.63, 3.8) is 0 Å². The summed E-state index contributed by atoms with van der Waals surface area (Å²) in [5.74, 6) is 0.264. The highest BCUT2D eigenvalue weighted by Crippen LogP contribution is 2.42. The molecule has 6 aromatic carbocycles. The maximum absolute atomic E-state index is 10.6. The van der Waals surface area contributed by atoms with Gasteiger partial charge in [0.25, 0.3) is 0 Å². The van der Waals surface area contributed by atoms with Crippen LogP contribution in [-0.4, -0.2) is 27.7 Å². The number of hydrogen-bond acceptors (Lipinski definition) is 6. The van der Waals surface area contributed by atoms with Gasteiger partial charge in [0.15, 0.2) is 6.29 Å². The number of fused-ring (bicyclic) bond motifs is 1. The topological polar surface area (TPSA) is 82.8 Å². The van der Waals surface area contributed by atoms with E-state index < -0.39 is 0 Å². The summed E-state index contributed by atoms with van der Waals surface area (Å²) in [6.45, 7) is 23.8. The number of benzene rings is 6. The van der Waals surface area contributed by atoms with Crippen molar-refractivity contribution in [1.29, 1.82) is 0 Å². The van der Waals surface area contributed by atoms with Gasteiger partial charge in [-0.05, 0) is 118 Å². The molecule has 0 atom stereocenters. The lowest BCUT2D eigenvalue weighted by atomic mass is 9.85. The average molecular weight is 801 g/mol. The molecule has 6 heteroatoms. The van der Waals surface area contributed by atoms with Crippen LogP contribution in [0.25, 0.3) is 43.0 Å². The maximum Gasteiger partial charge on any atom is 0.153 e. The number of carbonyl (C=O) groups excluding carboxylic acids is 1. The second-order valence-corrected chi connectivity index (χ2v) is 19.5. The number of phenols is 2. The summed E-state index contributed by atoms with van der Waals surface area (Å²) in [4.78, 5) is 20.7. The van der Waals surface area contributed by atoms with Gasteiger partial charge in [0.05, 0.1) is 21.5 Å². The minimum atomic E-state index is -0.0291. The Kier molecular flexibility index (Phi) is 12.2. The Bertz CT molecular complexity index is 2660. The Morgan fingerprint density at radius 3 is 1.73 bits per heavy atom. The molecule has 5 nitrogen and oxygen atoms in total. The van der Waals surface area contributed by atoms with Gasteiger partial charge in [-0.1, -0.05) is 135 Å². The molecule has 0 amide bonds. The monoisotopic (exact) mass is 800 g/mol. The van der Waals surface area contributed by atoms with E-state index in [0.717, 1.165) is 48.7 Å². The number of carbonyl (C=O) groups is 1. The second kappa shape index (κ2) is 16.8. The SMILES string of the molecule is CC(C)(C)c1ccc(O)c(C=O)c1.Cc1ccc(C)c(-c2ccc(-c3cc(C(C)(C)C)cc4sc(-c5ccccc5N=Cc5cc(C(C)(C)C)ccc5O)nc34)cc2)c1. The Balaban J connectivity index is 0.000000385. The molecule has 7 rings (SSSR count). The molecule has 7 aromatic rings. The number of aromatic nitrogens is 1. The summed E-state index contributed by atoms with van der Waals surface area (Å²) in [5, 5.41) is 20.8. The predicted octanol–water partition coefficient (Wildman–Crippen LogP) is 14.5. The van der Waals surface area contributed by atoms with Gasteiger partial charge in [0.2, 0.25) is 0 Å². The summed E-state index contributed by atoms with van der Waals surface area (Å²) in [6.07, 6.45) is 2.43. The highest BCUT2D eigenvalue weighted by atomic mass is 32.1. The van der Waals surface area contributed by atoms with Crippen molar-refractivity contribution in [2.75, 3.05) is 0 Å². The zero-order chi connectivity index (χ0) is 42.9.